The molecule has 1 amide bonds. The van der Waals surface area contributed by atoms with Crippen LogP contribution in [0.2, 0.25) is 0 Å². The number of aliphatic hydroxyl groups excluding tert-OH is 1. The Kier molecular flexibility index (Phi) is 4.55. The van der Waals surface area contributed by atoms with E-state index >= 15 is 0 Å². The van der Waals surface area contributed by atoms with Crippen LogP contribution < -0.4 is 11.1 Å². The Balaban J connectivity index is 2.55. The number of carboxylic acid groups (broad SMARTS) is 1. The topological polar surface area (TPSA) is 126 Å². The molecule has 1 heterocycles. The Labute approximate surface area is 101 Å². The van der Waals surface area contributed by atoms with Crippen LogP contribution in [-0.4, -0.2) is 39.7 Å². The molecule has 1 aromatic heterocycles. The van der Waals surface area contributed by atoms with Crippen molar-refractivity contribution in [2.75, 3.05) is 6.54 Å². The highest BCUT2D eigenvalue weighted by Crippen LogP contribution is 2.15. The van der Waals surface area contributed by atoms with Crippen molar-refractivity contribution in [3.8, 4) is 0 Å². The highest BCUT2D eigenvalue weighted by Gasteiger charge is 2.17. The van der Waals surface area contributed by atoms with Crippen molar-refractivity contribution in [3.63, 3.8) is 0 Å². The van der Waals surface area contributed by atoms with Crippen molar-refractivity contribution in [1.29, 1.82) is 0 Å². The van der Waals surface area contributed by atoms with Crippen LogP contribution in [0.4, 0.5) is 0 Å². The summed E-state index contributed by atoms with van der Waals surface area (Å²) in [6, 6.07) is -0.258. The smallest absolute Gasteiger partial charge is 0.334 e. The van der Waals surface area contributed by atoms with Gasteiger partial charge in [0.2, 0.25) is 0 Å². The predicted octanol–water partition coefficient (Wildman–Crippen LogP) is -0.662. The first-order valence-electron chi connectivity index (χ1n) is 4.82. The minimum Gasteiger partial charge on any atom is -0.479 e. The fraction of sp³-hybridized carbons (Fsp3) is 0.444. The summed E-state index contributed by atoms with van der Waals surface area (Å²) in [5.41, 5.74) is 5.75. The molecule has 0 aliphatic rings. The number of aliphatic carboxylic acids is 1. The van der Waals surface area contributed by atoms with Gasteiger partial charge in [0.15, 0.2) is 6.10 Å². The number of rotatable bonds is 5. The number of nitrogens with two attached hydrogens (primary N) is 1. The van der Waals surface area contributed by atoms with Crippen molar-refractivity contribution in [1.82, 2.24) is 10.3 Å². The summed E-state index contributed by atoms with van der Waals surface area (Å²) < 4.78 is 0. The van der Waals surface area contributed by atoms with E-state index in [1.165, 1.54) is 16.7 Å². The standard InChI is InChI=1S/C9H13N3O4S/c1-4(10)8-12-5(3-17-8)7(14)11-2-6(13)9(15)16/h3-4,6,13H,2,10H2,1H3,(H,11,14)(H,15,16). The highest BCUT2D eigenvalue weighted by atomic mass is 32.1. The van der Waals surface area contributed by atoms with Gasteiger partial charge in [-0.25, -0.2) is 9.78 Å². The van der Waals surface area contributed by atoms with E-state index in [4.69, 9.17) is 15.9 Å². The van der Waals surface area contributed by atoms with Gasteiger partial charge in [0, 0.05) is 5.38 Å². The van der Waals surface area contributed by atoms with Crippen molar-refractivity contribution < 1.29 is 19.8 Å². The number of hydrogen-bond donors (Lipinski definition) is 4. The third-order valence-corrected chi connectivity index (χ3v) is 2.93. The fourth-order valence-corrected chi connectivity index (χ4v) is 1.73. The number of thiazole rings is 1. The molecule has 8 heteroatoms. The maximum atomic E-state index is 11.5. The third kappa shape index (κ3) is 3.77. The number of carboxylic acids is 1. The molecule has 0 bridgehead atoms. The molecular formula is C9H13N3O4S. The number of nitrogens with one attached hydrogen (secondary N) is 1. The molecule has 17 heavy (non-hydrogen) atoms. The molecule has 0 saturated carbocycles. The quantitative estimate of drug-likeness (QED) is 0.556. The molecule has 2 atom stereocenters. The lowest BCUT2D eigenvalue weighted by Crippen LogP contribution is -2.36. The van der Waals surface area contributed by atoms with E-state index < -0.39 is 18.0 Å². The zero-order valence-corrected chi connectivity index (χ0v) is 9.90. The van der Waals surface area contributed by atoms with E-state index in [1.807, 2.05) is 0 Å². The Bertz CT molecular complexity index is 418. The van der Waals surface area contributed by atoms with Crippen molar-refractivity contribution in [2.45, 2.75) is 19.1 Å². The van der Waals surface area contributed by atoms with Crippen LogP contribution >= 0.6 is 11.3 Å². The summed E-state index contributed by atoms with van der Waals surface area (Å²) in [5.74, 6) is -1.92. The van der Waals surface area contributed by atoms with E-state index in [1.54, 1.807) is 6.92 Å². The summed E-state index contributed by atoms with van der Waals surface area (Å²) in [4.78, 5) is 25.8. The van der Waals surface area contributed by atoms with Crippen LogP contribution in [0.5, 0.6) is 0 Å². The average Bonchev–Trinajstić information content (AvgIpc) is 2.74. The maximum Gasteiger partial charge on any atom is 0.334 e. The largest absolute Gasteiger partial charge is 0.479 e. The first-order chi connectivity index (χ1) is 7.91. The molecule has 0 aromatic carbocycles. The normalized spacial score (nSPS) is 14.1. The first kappa shape index (κ1) is 13.6. The van der Waals surface area contributed by atoms with E-state index in [0.29, 0.717) is 5.01 Å². The van der Waals surface area contributed by atoms with Gasteiger partial charge in [-0.1, -0.05) is 0 Å². The lowest BCUT2D eigenvalue weighted by Gasteiger charge is -2.06. The number of aromatic nitrogens is 1. The van der Waals surface area contributed by atoms with Gasteiger partial charge in [0.1, 0.15) is 10.7 Å². The summed E-state index contributed by atoms with van der Waals surface area (Å²) >= 11 is 1.25. The lowest BCUT2D eigenvalue weighted by molar-refractivity contribution is -0.146. The van der Waals surface area contributed by atoms with Crippen LogP contribution in [-0.2, 0) is 4.79 Å². The van der Waals surface area contributed by atoms with Gasteiger partial charge in [-0.2, -0.15) is 0 Å². The molecule has 0 saturated heterocycles. The molecule has 0 spiro atoms. The average molecular weight is 259 g/mol. The highest BCUT2D eigenvalue weighted by molar-refractivity contribution is 7.09. The van der Waals surface area contributed by atoms with Crippen molar-refractivity contribution >= 4 is 23.2 Å². The summed E-state index contributed by atoms with van der Waals surface area (Å²) in [6.07, 6.45) is -1.62. The van der Waals surface area contributed by atoms with Gasteiger partial charge in [-0.15, -0.1) is 11.3 Å². The minimum atomic E-state index is -1.62. The third-order valence-electron chi connectivity index (χ3n) is 1.89. The molecule has 0 radical (unpaired) electrons. The van der Waals surface area contributed by atoms with Crippen LogP contribution in [0.15, 0.2) is 5.38 Å². The zero-order chi connectivity index (χ0) is 13.0. The van der Waals surface area contributed by atoms with Crippen LogP contribution in [0.3, 0.4) is 0 Å². The van der Waals surface area contributed by atoms with Gasteiger partial charge >= 0.3 is 5.97 Å². The fourth-order valence-electron chi connectivity index (χ4n) is 0.968. The molecule has 94 valence electrons. The summed E-state index contributed by atoms with van der Waals surface area (Å²) in [6.45, 7) is 1.38. The second-order valence-corrected chi connectivity index (χ2v) is 4.31. The van der Waals surface area contributed by atoms with Gasteiger partial charge in [-0.05, 0) is 6.92 Å². The van der Waals surface area contributed by atoms with E-state index in [0.717, 1.165) is 0 Å². The SMILES string of the molecule is CC(N)c1nc(C(=O)NCC(O)C(=O)O)cs1. The van der Waals surface area contributed by atoms with Gasteiger partial charge in [0.25, 0.3) is 5.91 Å². The van der Waals surface area contributed by atoms with Gasteiger partial charge in [0.05, 0.1) is 12.6 Å². The zero-order valence-electron chi connectivity index (χ0n) is 9.08. The van der Waals surface area contributed by atoms with Crippen LogP contribution in [0.25, 0.3) is 0 Å². The predicted molar refractivity (Wildman–Crippen MR) is 60.7 cm³/mol. The molecule has 5 N–H and O–H groups in total. The van der Waals surface area contributed by atoms with Crippen molar-refractivity contribution in [2.24, 2.45) is 5.73 Å². The molecule has 1 rings (SSSR count). The lowest BCUT2D eigenvalue weighted by atomic mass is 10.3. The molecule has 0 aliphatic carbocycles. The van der Waals surface area contributed by atoms with Gasteiger partial charge in [-0.3, -0.25) is 4.79 Å². The Morgan fingerprint density at radius 3 is 2.76 bits per heavy atom. The molecule has 7 nitrogen and oxygen atoms in total. The van der Waals surface area contributed by atoms with Crippen LogP contribution in [0, 0.1) is 0 Å². The van der Waals surface area contributed by atoms with E-state index in [2.05, 4.69) is 10.3 Å². The minimum absolute atomic E-state index is 0.167. The van der Waals surface area contributed by atoms with E-state index in [-0.39, 0.29) is 18.3 Å². The number of nitrogens with zero attached hydrogens (tertiary/aromatic N) is 1. The number of carbonyl (C=O) groups is 2. The molecule has 0 fully saturated rings. The molecule has 2 unspecified atom stereocenters. The first-order valence-corrected chi connectivity index (χ1v) is 5.70. The number of hydrogen-bond acceptors (Lipinski definition) is 6. The number of amides is 1. The summed E-state index contributed by atoms with van der Waals surface area (Å²) in [7, 11) is 0. The van der Waals surface area contributed by atoms with Gasteiger partial charge < -0.3 is 21.3 Å². The number of aliphatic hydroxyl groups is 1. The Morgan fingerprint density at radius 2 is 2.29 bits per heavy atom. The molecule has 0 aliphatic heterocycles. The second kappa shape index (κ2) is 5.71. The summed E-state index contributed by atoms with van der Waals surface area (Å²) in [5, 5.41) is 21.8. The second-order valence-electron chi connectivity index (χ2n) is 3.42. The monoisotopic (exact) mass is 259 g/mol. The Morgan fingerprint density at radius 1 is 1.65 bits per heavy atom. The van der Waals surface area contributed by atoms with E-state index in [9.17, 15) is 9.59 Å². The molecule has 1 aromatic rings. The number of carbonyl (C=O) groups excluding carboxylic acids is 1. The Hall–Kier alpha value is -1.51. The maximum absolute atomic E-state index is 11.5. The van der Waals surface area contributed by atoms with Crippen molar-refractivity contribution in [3.05, 3.63) is 16.1 Å². The molecular weight excluding hydrogens is 246 g/mol. The van der Waals surface area contributed by atoms with Crippen LogP contribution in [0.1, 0.15) is 28.5 Å².